The van der Waals surface area contributed by atoms with Gasteiger partial charge in [0.05, 0.1) is 31.9 Å². The van der Waals surface area contributed by atoms with Crippen molar-refractivity contribution in [1.82, 2.24) is 10.2 Å². The number of aryl methyl sites for hydroxylation is 1. The number of halogens is 1. The molecule has 0 saturated heterocycles. The zero-order valence-electron chi connectivity index (χ0n) is 29.2. The Morgan fingerprint density at radius 1 is 0.820 bits per heavy atom. The molecule has 0 aromatic heterocycles. The molecule has 10 nitrogen and oxygen atoms in total. The minimum atomic E-state index is -4.49. The molecule has 12 heteroatoms. The summed E-state index contributed by atoms with van der Waals surface area (Å²) in [5, 5.41) is 3.27. The first kappa shape index (κ1) is 38.1. The average Bonchev–Trinajstić information content (AvgIpc) is 3.11. The fourth-order valence-electron chi connectivity index (χ4n) is 5.48. The van der Waals surface area contributed by atoms with Crippen molar-refractivity contribution in [3.63, 3.8) is 0 Å². The molecule has 4 aromatic carbocycles. The predicted molar refractivity (Wildman–Crippen MR) is 196 cm³/mol. The van der Waals surface area contributed by atoms with Crippen LogP contribution in [0.25, 0.3) is 0 Å². The Kier molecular flexibility index (Phi) is 13.1. The lowest BCUT2D eigenvalue weighted by Crippen LogP contribution is -2.54. The molecule has 50 heavy (non-hydrogen) atoms. The maximum Gasteiger partial charge on any atom is 0.265 e. The van der Waals surface area contributed by atoms with Crippen molar-refractivity contribution in [2.24, 2.45) is 0 Å². The van der Waals surface area contributed by atoms with Crippen LogP contribution in [0.5, 0.6) is 17.2 Å². The van der Waals surface area contributed by atoms with Gasteiger partial charge < -0.3 is 24.4 Å². The van der Waals surface area contributed by atoms with Gasteiger partial charge in [0.15, 0.2) is 11.5 Å². The summed E-state index contributed by atoms with van der Waals surface area (Å²) in [6, 6.07) is 24.6. The number of nitrogens with zero attached hydrogens (tertiary/aromatic N) is 2. The summed E-state index contributed by atoms with van der Waals surface area (Å²) >= 11 is 6.41. The molecule has 1 N–H and O–H groups in total. The van der Waals surface area contributed by atoms with Crippen LogP contribution in [-0.2, 0) is 32.6 Å². The van der Waals surface area contributed by atoms with Gasteiger partial charge >= 0.3 is 0 Å². The first-order valence-corrected chi connectivity index (χ1v) is 18.0. The third-order valence-corrected chi connectivity index (χ3v) is 10.3. The number of nitrogens with one attached hydrogen (secondary N) is 1. The van der Waals surface area contributed by atoms with E-state index in [9.17, 15) is 18.0 Å². The normalized spacial score (nSPS) is 12.4. The van der Waals surface area contributed by atoms with E-state index in [1.165, 1.54) is 56.6 Å². The predicted octanol–water partition coefficient (Wildman–Crippen LogP) is 6.42. The minimum absolute atomic E-state index is 0.0438. The topological polar surface area (TPSA) is 114 Å². The molecule has 0 heterocycles. The molecule has 0 saturated carbocycles. The highest BCUT2D eigenvalue weighted by molar-refractivity contribution is 7.92. The Morgan fingerprint density at radius 2 is 1.48 bits per heavy atom. The Hall–Kier alpha value is -4.74. The molecule has 0 radical (unpaired) electrons. The highest BCUT2D eigenvalue weighted by Gasteiger charge is 2.36. The molecule has 0 fully saturated rings. The van der Waals surface area contributed by atoms with Gasteiger partial charge in [0, 0.05) is 30.1 Å². The summed E-state index contributed by atoms with van der Waals surface area (Å²) in [5.41, 5.74) is 2.63. The number of hydrogen-bond acceptors (Lipinski definition) is 7. The van der Waals surface area contributed by atoms with Crippen LogP contribution in [0.4, 0.5) is 5.69 Å². The molecule has 0 bridgehead atoms. The molecule has 2 amide bonds. The lowest BCUT2D eigenvalue weighted by molar-refractivity contribution is -0.140. The third kappa shape index (κ3) is 9.28. The maximum absolute atomic E-state index is 14.8. The monoisotopic (exact) mass is 721 g/mol. The molecule has 4 aromatic rings. The van der Waals surface area contributed by atoms with Gasteiger partial charge in [0.1, 0.15) is 18.3 Å². The van der Waals surface area contributed by atoms with E-state index in [0.29, 0.717) is 12.2 Å². The first-order chi connectivity index (χ1) is 23.9. The second kappa shape index (κ2) is 17.3. The van der Waals surface area contributed by atoms with Crippen LogP contribution in [-0.4, -0.2) is 65.1 Å². The van der Waals surface area contributed by atoms with Crippen LogP contribution in [0.2, 0.25) is 5.02 Å². The number of amides is 2. The fourth-order valence-corrected chi connectivity index (χ4v) is 7.08. The lowest BCUT2D eigenvalue weighted by atomic mass is 10.0. The largest absolute Gasteiger partial charge is 0.495 e. The standard InChI is InChI=1S/C38H44ClN3O7S/c1-7-27(3)40-38(44)33(21-28-13-9-8-10-14-28)41(24-29-15-11-12-26(2)20-29)37(43)25-42(32-22-30(39)16-18-34(32)47-4)50(45,46)31-17-19-35(48-5)36(23-31)49-6/h8-20,22-23,27,33H,7,21,24-25H2,1-6H3,(H,40,44). The van der Waals surface area contributed by atoms with Crippen LogP contribution in [0, 0.1) is 6.92 Å². The summed E-state index contributed by atoms with van der Waals surface area (Å²) in [4.78, 5) is 30.2. The van der Waals surface area contributed by atoms with Crippen LogP contribution < -0.4 is 23.8 Å². The zero-order chi connectivity index (χ0) is 36.4. The summed E-state index contributed by atoms with van der Waals surface area (Å²) in [6.45, 7) is 5.16. The molecule has 2 unspecified atom stereocenters. The summed E-state index contributed by atoms with van der Waals surface area (Å²) < 4.78 is 46.4. The van der Waals surface area contributed by atoms with E-state index in [0.717, 1.165) is 21.0 Å². The van der Waals surface area contributed by atoms with Crippen LogP contribution in [0.3, 0.4) is 0 Å². The number of ether oxygens (including phenoxy) is 3. The maximum atomic E-state index is 14.8. The molecule has 0 spiro atoms. The second-order valence-corrected chi connectivity index (χ2v) is 14.2. The number of anilines is 1. The number of hydrogen-bond donors (Lipinski definition) is 1. The molecule has 0 aliphatic heterocycles. The molecule has 2 atom stereocenters. The molecular formula is C38H44ClN3O7S. The number of carbonyl (C=O) groups is 2. The minimum Gasteiger partial charge on any atom is -0.495 e. The highest BCUT2D eigenvalue weighted by Crippen LogP contribution is 2.37. The molecule has 266 valence electrons. The molecule has 0 aliphatic carbocycles. The summed E-state index contributed by atoms with van der Waals surface area (Å²) in [5.74, 6) is -0.276. The number of sulfonamides is 1. The number of benzene rings is 4. The van der Waals surface area contributed by atoms with E-state index in [-0.39, 0.29) is 52.0 Å². The van der Waals surface area contributed by atoms with Gasteiger partial charge in [-0.2, -0.15) is 0 Å². The smallest absolute Gasteiger partial charge is 0.265 e. The summed E-state index contributed by atoms with van der Waals surface area (Å²) in [7, 11) is -0.245. The van der Waals surface area contributed by atoms with Crippen LogP contribution in [0.15, 0.2) is 95.9 Å². The van der Waals surface area contributed by atoms with Crippen molar-refractivity contribution >= 4 is 39.1 Å². The van der Waals surface area contributed by atoms with Crippen molar-refractivity contribution in [2.75, 3.05) is 32.2 Å². The van der Waals surface area contributed by atoms with Crippen molar-refractivity contribution in [1.29, 1.82) is 0 Å². The Labute approximate surface area is 300 Å². The van der Waals surface area contributed by atoms with Crippen molar-refractivity contribution in [3.8, 4) is 17.2 Å². The number of rotatable bonds is 16. The van der Waals surface area contributed by atoms with Crippen molar-refractivity contribution < 1.29 is 32.2 Å². The SMILES string of the molecule is CCC(C)NC(=O)C(Cc1ccccc1)N(Cc1cccc(C)c1)C(=O)CN(c1cc(Cl)ccc1OC)S(=O)(=O)c1ccc(OC)c(OC)c1. The van der Waals surface area contributed by atoms with Crippen LogP contribution >= 0.6 is 11.6 Å². The van der Waals surface area contributed by atoms with E-state index in [1.807, 2.05) is 75.4 Å². The van der Waals surface area contributed by atoms with Crippen LogP contribution in [0.1, 0.15) is 37.0 Å². The van der Waals surface area contributed by atoms with Gasteiger partial charge in [-0.1, -0.05) is 78.7 Å². The van der Waals surface area contributed by atoms with E-state index in [4.69, 9.17) is 25.8 Å². The first-order valence-electron chi connectivity index (χ1n) is 16.2. The quantitative estimate of drug-likeness (QED) is 0.142. The van der Waals surface area contributed by atoms with E-state index < -0.39 is 28.5 Å². The fraction of sp³-hybridized carbons (Fsp3) is 0.316. The Morgan fingerprint density at radius 3 is 2.12 bits per heavy atom. The van der Waals surface area contributed by atoms with Gasteiger partial charge in [0.25, 0.3) is 10.0 Å². The van der Waals surface area contributed by atoms with Gasteiger partial charge in [-0.3, -0.25) is 13.9 Å². The Balaban J connectivity index is 1.89. The molecular weight excluding hydrogens is 678 g/mol. The van der Waals surface area contributed by atoms with Gasteiger partial charge in [-0.25, -0.2) is 8.42 Å². The Bertz CT molecular complexity index is 1890. The zero-order valence-corrected chi connectivity index (χ0v) is 30.8. The third-order valence-electron chi connectivity index (χ3n) is 8.34. The number of carbonyl (C=O) groups excluding carboxylic acids is 2. The van der Waals surface area contributed by atoms with Gasteiger partial charge in [0.2, 0.25) is 11.8 Å². The average molecular weight is 722 g/mol. The highest BCUT2D eigenvalue weighted by atomic mass is 35.5. The van der Waals surface area contributed by atoms with Gasteiger partial charge in [-0.15, -0.1) is 0 Å². The van der Waals surface area contributed by atoms with Crippen molar-refractivity contribution in [3.05, 3.63) is 113 Å². The molecule has 4 rings (SSSR count). The van der Waals surface area contributed by atoms with Gasteiger partial charge in [-0.05, 0) is 61.7 Å². The van der Waals surface area contributed by atoms with Crippen molar-refractivity contribution in [2.45, 2.75) is 57.1 Å². The number of methoxy groups -OCH3 is 3. The second-order valence-electron chi connectivity index (χ2n) is 11.9. The van der Waals surface area contributed by atoms with E-state index in [1.54, 1.807) is 6.07 Å². The molecule has 0 aliphatic rings. The van der Waals surface area contributed by atoms with E-state index in [2.05, 4.69) is 5.32 Å². The lowest BCUT2D eigenvalue weighted by Gasteiger charge is -2.34. The van der Waals surface area contributed by atoms with E-state index >= 15 is 0 Å². The summed E-state index contributed by atoms with van der Waals surface area (Å²) in [6.07, 6.45) is 0.880.